The molecule has 3 heterocycles. The van der Waals surface area contributed by atoms with E-state index in [9.17, 15) is 9.59 Å². The fraction of sp³-hybridized carbons (Fsp3) is 0.200. The maximum absolute atomic E-state index is 12.2. The first kappa shape index (κ1) is 14.0. The van der Waals surface area contributed by atoms with Gasteiger partial charge in [-0.25, -0.2) is 9.97 Å². The van der Waals surface area contributed by atoms with E-state index in [-0.39, 0.29) is 25.0 Å². The number of pyridine rings is 2. The molecule has 1 aliphatic rings. The van der Waals surface area contributed by atoms with Crippen molar-refractivity contribution in [2.75, 3.05) is 23.4 Å². The highest BCUT2D eigenvalue weighted by atomic mass is 16.5. The summed E-state index contributed by atoms with van der Waals surface area (Å²) in [5.41, 5.74) is 0.850. The Kier molecular flexibility index (Phi) is 3.69. The van der Waals surface area contributed by atoms with Crippen molar-refractivity contribution in [1.29, 1.82) is 0 Å². The zero-order valence-corrected chi connectivity index (χ0v) is 11.9. The highest BCUT2D eigenvalue weighted by molar-refractivity contribution is 6.04. The number of hydrogen-bond acceptors (Lipinski definition) is 5. The van der Waals surface area contributed by atoms with E-state index in [4.69, 9.17) is 4.74 Å². The number of amides is 2. The molecule has 1 aliphatic heterocycles. The molecule has 0 aliphatic carbocycles. The van der Waals surface area contributed by atoms with Crippen LogP contribution in [0.1, 0.15) is 5.56 Å². The Labute approximate surface area is 126 Å². The van der Waals surface area contributed by atoms with Gasteiger partial charge in [-0.3, -0.25) is 14.5 Å². The second-order valence-electron chi connectivity index (χ2n) is 4.81. The van der Waals surface area contributed by atoms with Crippen molar-refractivity contribution >= 4 is 23.5 Å². The van der Waals surface area contributed by atoms with Crippen molar-refractivity contribution < 1.29 is 14.3 Å². The zero-order valence-electron chi connectivity index (χ0n) is 11.9. The van der Waals surface area contributed by atoms with E-state index in [1.54, 1.807) is 30.6 Å². The van der Waals surface area contributed by atoms with E-state index >= 15 is 0 Å². The predicted molar refractivity (Wildman–Crippen MR) is 79.7 cm³/mol. The van der Waals surface area contributed by atoms with Gasteiger partial charge in [0.2, 0.25) is 5.91 Å². The lowest BCUT2D eigenvalue weighted by Gasteiger charge is -2.27. The number of nitrogens with zero attached hydrogens (tertiary/aromatic N) is 3. The third-order valence-electron chi connectivity index (χ3n) is 3.23. The minimum atomic E-state index is -0.339. The molecule has 7 heteroatoms. The van der Waals surface area contributed by atoms with Crippen LogP contribution >= 0.6 is 0 Å². The lowest BCUT2D eigenvalue weighted by Crippen LogP contribution is -2.44. The average Bonchev–Trinajstić information content (AvgIpc) is 2.52. The summed E-state index contributed by atoms with van der Waals surface area (Å²) in [6, 6.07) is 7.06. The predicted octanol–water partition coefficient (Wildman–Crippen LogP) is 1.15. The fourth-order valence-corrected chi connectivity index (χ4v) is 2.13. The molecule has 0 aromatic carbocycles. The van der Waals surface area contributed by atoms with Crippen LogP contribution < -0.4 is 15.0 Å². The van der Waals surface area contributed by atoms with E-state index in [0.29, 0.717) is 17.4 Å². The van der Waals surface area contributed by atoms with Gasteiger partial charge in [-0.15, -0.1) is 0 Å². The molecule has 112 valence electrons. The number of anilines is 2. The minimum Gasteiger partial charge on any atom is -0.480 e. The van der Waals surface area contributed by atoms with Crippen LogP contribution in [0.4, 0.5) is 11.6 Å². The largest absolute Gasteiger partial charge is 0.480 e. The molecule has 2 amide bonds. The summed E-state index contributed by atoms with van der Waals surface area (Å²) in [5.74, 6) is 0.678. The maximum Gasteiger partial charge on any atom is 0.266 e. The molecule has 0 radical (unpaired) electrons. The number of nitrogens with one attached hydrogen (secondary N) is 1. The third-order valence-corrected chi connectivity index (χ3v) is 3.23. The van der Waals surface area contributed by atoms with E-state index in [0.717, 1.165) is 5.56 Å². The van der Waals surface area contributed by atoms with Gasteiger partial charge in [-0.05, 0) is 30.7 Å². The second-order valence-corrected chi connectivity index (χ2v) is 4.81. The Morgan fingerprint density at radius 3 is 2.91 bits per heavy atom. The lowest BCUT2D eigenvalue weighted by molar-refractivity contribution is -0.123. The van der Waals surface area contributed by atoms with E-state index in [1.165, 1.54) is 4.90 Å². The van der Waals surface area contributed by atoms with Crippen LogP contribution in [0.5, 0.6) is 5.75 Å². The van der Waals surface area contributed by atoms with Crippen LogP contribution in [0.2, 0.25) is 0 Å². The van der Waals surface area contributed by atoms with Crippen LogP contribution in [0.3, 0.4) is 0 Å². The number of rotatable bonds is 3. The van der Waals surface area contributed by atoms with E-state index in [2.05, 4.69) is 15.3 Å². The molecule has 0 fully saturated rings. The van der Waals surface area contributed by atoms with Gasteiger partial charge in [0.25, 0.3) is 5.91 Å². The first-order chi connectivity index (χ1) is 10.6. The molecule has 0 saturated carbocycles. The van der Waals surface area contributed by atoms with Gasteiger partial charge in [0.1, 0.15) is 12.4 Å². The molecule has 0 atom stereocenters. The molecular formula is C15H14N4O3. The van der Waals surface area contributed by atoms with Crippen molar-refractivity contribution in [2.45, 2.75) is 6.92 Å². The lowest BCUT2D eigenvalue weighted by atomic mass is 10.3. The van der Waals surface area contributed by atoms with Gasteiger partial charge >= 0.3 is 0 Å². The molecule has 0 bridgehead atoms. The first-order valence-electron chi connectivity index (χ1n) is 6.75. The van der Waals surface area contributed by atoms with Crippen molar-refractivity contribution in [2.24, 2.45) is 0 Å². The number of fused-ring (bicyclic) bond motifs is 1. The summed E-state index contributed by atoms with van der Waals surface area (Å²) in [6.07, 6.45) is 3.15. The summed E-state index contributed by atoms with van der Waals surface area (Å²) in [6.45, 7) is 1.61. The average molecular weight is 298 g/mol. The van der Waals surface area contributed by atoms with Crippen LogP contribution in [-0.4, -0.2) is 34.9 Å². The molecule has 0 spiro atoms. The van der Waals surface area contributed by atoms with Gasteiger partial charge in [-0.2, -0.15) is 0 Å². The van der Waals surface area contributed by atoms with E-state index in [1.807, 2.05) is 13.0 Å². The molecule has 1 N–H and O–H groups in total. The number of aryl methyl sites for hydroxylation is 1. The van der Waals surface area contributed by atoms with Gasteiger partial charge in [0.15, 0.2) is 18.2 Å². The zero-order chi connectivity index (χ0) is 15.5. The normalized spacial score (nSPS) is 13.3. The van der Waals surface area contributed by atoms with Gasteiger partial charge < -0.3 is 10.1 Å². The van der Waals surface area contributed by atoms with Gasteiger partial charge in [-0.1, -0.05) is 6.07 Å². The topological polar surface area (TPSA) is 84.4 Å². The van der Waals surface area contributed by atoms with Crippen molar-refractivity contribution in [3.05, 3.63) is 42.2 Å². The monoisotopic (exact) mass is 298 g/mol. The van der Waals surface area contributed by atoms with Crippen LogP contribution in [-0.2, 0) is 9.59 Å². The van der Waals surface area contributed by atoms with E-state index < -0.39 is 0 Å². The summed E-state index contributed by atoms with van der Waals surface area (Å²) >= 11 is 0. The molecule has 2 aromatic rings. The van der Waals surface area contributed by atoms with Gasteiger partial charge in [0, 0.05) is 12.4 Å². The Hall–Kier alpha value is -2.96. The number of ether oxygens (including phenoxy) is 1. The summed E-state index contributed by atoms with van der Waals surface area (Å²) in [7, 11) is 0. The minimum absolute atomic E-state index is 0.103. The Balaban J connectivity index is 1.77. The Morgan fingerprint density at radius 2 is 2.09 bits per heavy atom. The first-order valence-corrected chi connectivity index (χ1v) is 6.75. The standard InChI is InChI=1S/C15H14N4O3/c1-10-4-2-6-16-14(10)18-12(20)8-19-13(21)9-22-11-5-3-7-17-15(11)19/h2-7H,8-9H2,1H3,(H,16,18,20). The van der Waals surface area contributed by atoms with Crippen molar-refractivity contribution in [3.8, 4) is 5.75 Å². The highest BCUT2D eigenvalue weighted by Gasteiger charge is 2.28. The molecule has 2 aromatic heterocycles. The summed E-state index contributed by atoms with van der Waals surface area (Å²) in [5, 5.41) is 2.70. The summed E-state index contributed by atoms with van der Waals surface area (Å²) < 4.78 is 5.29. The summed E-state index contributed by atoms with van der Waals surface area (Å²) in [4.78, 5) is 33.7. The third kappa shape index (κ3) is 2.73. The Bertz CT molecular complexity index is 732. The molecule has 0 unspecified atom stereocenters. The molecule has 22 heavy (non-hydrogen) atoms. The van der Waals surface area contributed by atoms with Crippen LogP contribution in [0, 0.1) is 6.92 Å². The smallest absolute Gasteiger partial charge is 0.266 e. The number of carbonyl (C=O) groups is 2. The number of aromatic nitrogens is 2. The molecular weight excluding hydrogens is 284 g/mol. The fourth-order valence-electron chi connectivity index (χ4n) is 2.13. The van der Waals surface area contributed by atoms with Crippen LogP contribution in [0.25, 0.3) is 0 Å². The quantitative estimate of drug-likeness (QED) is 0.919. The highest BCUT2D eigenvalue weighted by Crippen LogP contribution is 2.28. The SMILES string of the molecule is Cc1cccnc1NC(=O)CN1C(=O)COc2cccnc21. The van der Waals surface area contributed by atoms with Crippen molar-refractivity contribution in [3.63, 3.8) is 0 Å². The second kappa shape index (κ2) is 5.80. The van der Waals surface area contributed by atoms with Crippen LogP contribution in [0.15, 0.2) is 36.7 Å². The van der Waals surface area contributed by atoms with Crippen molar-refractivity contribution in [1.82, 2.24) is 9.97 Å². The number of hydrogen-bond donors (Lipinski definition) is 1. The Morgan fingerprint density at radius 1 is 1.32 bits per heavy atom. The number of carbonyl (C=O) groups excluding carboxylic acids is 2. The molecule has 0 saturated heterocycles. The molecule has 7 nitrogen and oxygen atoms in total. The van der Waals surface area contributed by atoms with Gasteiger partial charge in [0.05, 0.1) is 0 Å². The maximum atomic E-state index is 12.2. The molecule has 3 rings (SSSR count).